The van der Waals surface area contributed by atoms with Gasteiger partial charge in [0.15, 0.2) is 6.07 Å². The molecule has 0 spiro atoms. The fraction of sp³-hybridized carbons (Fsp3) is 0.500. The van der Waals surface area contributed by atoms with Crippen molar-refractivity contribution in [3.8, 4) is 6.07 Å². The first kappa shape index (κ1) is 29.7. The topological polar surface area (TPSA) is 156 Å². The molecule has 0 unspecified atom stereocenters. The third-order valence-electron chi connectivity index (χ3n) is 0.0956. The summed E-state index contributed by atoms with van der Waals surface area (Å²) in [6, 6.07) is 0.944. The Morgan fingerprint density at radius 2 is 1.18 bits per heavy atom. The molecule has 96 valence electrons. The minimum Gasteiger partial charge on any atom is -1.00 e. The van der Waals surface area contributed by atoms with Gasteiger partial charge in [0, 0.05) is 20.5 Å². The minimum absolute atomic E-state index is 0. The maximum Gasteiger partial charge on any atom is 1.00 e. The number of aliphatic carboxylic acids is 3. The zero-order chi connectivity index (χ0) is 14.1. The largest absolute Gasteiger partial charge is 1.00 e. The van der Waals surface area contributed by atoms with Crippen LogP contribution >= 0.6 is 0 Å². The van der Waals surface area contributed by atoms with Crippen molar-refractivity contribution in [2.45, 2.75) is 20.8 Å². The number of aliphatic hydroxyl groups is 1. The number of hydrogen-bond acceptors (Lipinski definition) is 5. The van der Waals surface area contributed by atoms with Crippen LogP contribution in [0.25, 0.3) is 0 Å². The number of carboxylic acid groups (broad SMARTS) is 3. The summed E-state index contributed by atoms with van der Waals surface area (Å²) in [5.74, 6) is -3.11. The van der Waals surface area contributed by atoms with E-state index < -0.39 is 17.9 Å². The van der Waals surface area contributed by atoms with Crippen molar-refractivity contribution in [2.24, 2.45) is 0 Å². The van der Waals surface area contributed by atoms with E-state index in [9.17, 15) is 0 Å². The van der Waals surface area contributed by atoms with Gasteiger partial charge in [-0.3, -0.25) is 9.59 Å². The number of nitriles is 1. The average molecular weight is 261 g/mol. The van der Waals surface area contributed by atoms with Crippen molar-refractivity contribution in [1.29, 1.82) is 5.26 Å². The van der Waals surface area contributed by atoms with Crippen molar-refractivity contribution >= 4 is 17.9 Å². The van der Waals surface area contributed by atoms with Crippen molar-refractivity contribution in [1.82, 2.24) is 0 Å². The van der Waals surface area contributed by atoms with E-state index in [4.69, 9.17) is 40.1 Å². The SMILES string of the molecule is CC(=O)O.CC(=O)O.CCO.N#CC(=O)O.[H-].[Na+]. The van der Waals surface area contributed by atoms with Crippen molar-refractivity contribution in [3.05, 3.63) is 0 Å². The molecule has 17 heavy (non-hydrogen) atoms. The molecule has 0 aromatic rings. The molecule has 9 heteroatoms. The first-order valence-electron chi connectivity index (χ1n) is 3.78. The van der Waals surface area contributed by atoms with Crippen LogP contribution in [0, 0.1) is 11.3 Å². The molecule has 4 N–H and O–H groups in total. The molecule has 0 saturated carbocycles. The molecular formula is C8H16NNaO7. The van der Waals surface area contributed by atoms with Crippen LogP contribution in [0.4, 0.5) is 0 Å². The molecule has 0 atom stereocenters. The van der Waals surface area contributed by atoms with E-state index in [2.05, 4.69) is 0 Å². The van der Waals surface area contributed by atoms with Gasteiger partial charge in [0.25, 0.3) is 11.9 Å². The Hall–Kier alpha value is -1.14. The smallest absolute Gasteiger partial charge is 1.00 e. The maximum atomic E-state index is 9.01. The second-order valence-electron chi connectivity index (χ2n) is 1.77. The van der Waals surface area contributed by atoms with E-state index in [-0.39, 0.29) is 37.6 Å². The number of carboxylic acids is 3. The van der Waals surface area contributed by atoms with Crippen LogP contribution in [0.5, 0.6) is 0 Å². The number of carbonyl (C=O) groups is 3. The average Bonchev–Trinajstić information content (AvgIpc) is 2.03. The van der Waals surface area contributed by atoms with Gasteiger partial charge in [-0.2, -0.15) is 5.26 Å². The van der Waals surface area contributed by atoms with E-state index in [1.807, 2.05) is 0 Å². The van der Waals surface area contributed by atoms with E-state index in [0.29, 0.717) is 0 Å². The standard InChI is InChI=1S/C2HNO2.2C2H4O2.C2H6O.Na.H/c3-1-2(4)5;2*1-2(3)4;1-2-3;;/h(H,4,5);2*1H3,(H,3,4);3H,2H2,1H3;;/q;;;;+1;-1. The molecule has 0 rings (SSSR count). The van der Waals surface area contributed by atoms with Crippen LogP contribution in [0.3, 0.4) is 0 Å². The predicted octanol–water partition coefficient (Wildman–Crippen LogP) is -3.11. The summed E-state index contributed by atoms with van der Waals surface area (Å²) in [6.45, 7) is 4.10. The van der Waals surface area contributed by atoms with Gasteiger partial charge in [-0.05, 0) is 6.92 Å². The molecule has 0 aromatic heterocycles. The van der Waals surface area contributed by atoms with E-state index >= 15 is 0 Å². The molecule has 0 aliphatic rings. The molecule has 0 aliphatic carbocycles. The van der Waals surface area contributed by atoms with E-state index in [0.717, 1.165) is 19.9 Å². The van der Waals surface area contributed by atoms with Gasteiger partial charge in [-0.25, -0.2) is 4.79 Å². The van der Waals surface area contributed by atoms with Gasteiger partial charge in [-0.1, -0.05) is 0 Å². The van der Waals surface area contributed by atoms with Crippen LogP contribution in [0.2, 0.25) is 0 Å². The van der Waals surface area contributed by atoms with Crippen LogP contribution < -0.4 is 29.6 Å². The Kier molecular flexibility index (Phi) is 51.3. The summed E-state index contributed by atoms with van der Waals surface area (Å²) in [5.41, 5.74) is 0. The monoisotopic (exact) mass is 261 g/mol. The summed E-state index contributed by atoms with van der Waals surface area (Å²) in [7, 11) is 0. The normalized spacial score (nSPS) is 5.59. The van der Waals surface area contributed by atoms with Gasteiger partial charge in [0.05, 0.1) is 0 Å². The summed E-state index contributed by atoms with van der Waals surface area (Å²) in [6.07, 6.45) is 0. The van der Waals surface area contributed by atoms with Crippen LogP contribution in [0.1, 0.15) is 22.2 Å². The summed E-state index contributed by atoms with van der Waals surface area (Å²) < 4.78 is 0. The molecular weight excluding hydrogens is 245 g/mol. The van der Waals surface area contributed by atoms with Gasteiger partial charge in [0.2, 0.25) is 0 Å². The van der Waals surface area contributed by atoms with Crippen molar-refractivity contribution < 1.29 is 65.8 Å². The van der Waals surface area contributed by atoms with E-state index in [1.54, 1.807) is 6.92 Å². The second kappa shape index (κ2) is 29.4. The maximum absolute atomic E-state index is 9.01. The third-order valence-corrected chi connectivity index (χ3v) is 0.0956. The van der Waals surface area contributed by atoms with Crippen molar-refractivity contribution in [3.63, 3.8) is 0 Å². The Bertz CT molecular complexity index is 222. The Morgan fingerprint density at radius 1 is 1.12 bits per heavy atom. The number of nitrogens with zero attached hydrogens (tertiary/aromatic N) is 1. The summed E-state index contributed by atoms with van der Waals surface area (Å²) >= 11 is 0. The second-order valence-corrected chi connectivity index (χ2v) is 1.77. The Morgan fingerprint density at radius 3 is 1.18 bits per heavy atom. The fourth-order valence-electron chi connectivity index (χ4n) is 0. The molecule has 0 fully saturated rings. The van der Waals surface area contributed by atoms with Gasteiger partial charge >= 0.3 is 35.5 Å². The molecule has 0 aromatic carbocycles. The molecule has 0 radical (unpaired) electrons. The van der Waals surface area contributed by atoms with Crippen LogP contribution in [-0.4, -0.2) is 44.9 Å². The molecule has 8 nitrogen and oxygen atoms in total. The first-order chi connectivity index (χ1) is 7.15. The Balaban J connectivity index is -0.0000000261. The zero-order valence-corrected chi connectivity index (χ0v) is 12.2. The van der Waals surface area contributed by atoms with Crippen LogP contribution in [0.15, 0.2) is 0 Å². The van der Waals surface area contributed by atoms with Gasteiger partial charge < -0.3 is 21.9 Å². The molecule has 0 heterocycles. The zero-order valence-electron chi connectivity index (χ0n) is 11.2. The summed E-state index contributed by atoms with van der Waals surface area (Å²) in [4.78, 5) is 27.0. The van der Waals surface area contributed by atoms with Gasteiger partial charge in [-0.15, -0.1) is 0 Å². The molecule has 0 aliphatic heterocycles. The predicted molar refractivity (Wildman–Crippen MR) is 53.7 cm³/mol. The fourth-order valence-corrected chi connectivity index (χ4v) is 0. The van der Waals surface area contributed by atoms with Crippen molar-refractivity contribution in [2.75, 3.05) is 6.61 Å². The number of hydrogen-bond donors (Lipinski definition) is 4. The molecule has 0 bridgehead atoms. The molecule has 0 saturated heterocycles. The first-order valence-corrected chi connectivity index (χ1v) is 3.78. The summed E-state index contributed by atoms with van der Waals surface area (Å²) in [5, 5.41) is 37.1. The number of rotatable bonds is 0. The minimum atomic E-state index is -1.44. The number of aliphatic hydroxyl groups excluding tert-OH is 1. The molecule has 0 amide bonds. The van der Waals surface area contributed by atoms with Crippen LogP contribution in [-0.2, 0) is 14.4 Å². The third kappa shape index (κ3) is 3320. The Labute approximate surface area is 122 Å². The van der Waals surface area contributed by atoms with E-state index in [1.165, 1.54) is 0 Å². The van der Waals surface area contributed by atoms with Gasteiger partial charge in [0.1, 0.15) is 0 Å². The quantitative estimate of drug-likeness (QED) is 0.203.